The highest BCUT2D eigenvalue weighted by Crippen LogP contribution is 2.36. The summed E-state index contributed by atoms with van der Waals surface area (Å²) < 4.78 is 60.7. The second-order valence-corrected chi connectivity index (χ2v) is 6.13. The van der Waals surface area contributed by atoms with Crippen LogP contribution in [0.15, 0.2) is 55.2 Å². The van der Waals surface area contributed by atoms with Crippen molar-refractivity contribution in [3.8, 4) is 16.9 Å². The van der Waals surface area contributed by atoms with E-state index >= 15 is 0 Å². The van der Waals surface area contributed by atoms with E-state index < -0.39 is 23.5 Å². The van der Waals surface area contributed by atoms with Crippen molar-refractivity contribution in [2.45, 2.75) is 25.3 Å². The van der Waals surface area contributed by atoms with Gasteiger partial charge in [-0.3, -0.25) is 4.98 Å². The first-order valence-corrected chi connectivity index (χ1v) is 8.62. The Kier molecular flexibility index (Phi) is 5.78. The lowest BCUT2D eigenvalue weighted by Gasteiger charge is -2.30. The van der Waals surface area contributed by atoms with Gasteiger partial charge in [-0.15, -0.1) is 13.2 Å². The van der Waals surface area contributed by atoms with Gasteiger partial charge in [-0.2, -0.15) is 0 Å². The highest BCUT2D eigenvalue weighted by Gasteiger charge is 2.35. The Hall–Kier alpha value is -3.07. The molecular weight excluding hydrogens is 390 g/mol. The van der Waals surface area contributed by atoms with E-state index in [-0.39, 0.29) is 5.56 Å². The lowest BCUT2D eigenvalue weighted by molar-refractivity contribution is -0.274. The van der Waals surface area contributed by atoms with Gasteiger partial charge in [-0.05, 0) is 24.6 Å². The van der Waals surface area contributed by atoms with E-state index in [4.69, 9.17) is 4.74 Å². The quantitative estimate of drug-likeness (QED) is 0.546. The zero-order chi connectivity index (χ0) is 21.1. The fourth-order valence-electron chi connectivity index (χ4n) is 3.13. The summed E-state index contributed by atoms with van der Waals surface area (Å²) in [6, 6.07) is 6.24. The molecule has 0 bridgehead atoms. The number of pyridine rings is 1. The molecule has 0 amide bonds. The third kappa shape index (κ3) is 4.34. The van der Waals surface area contributed by atoms with Gasteiger partial charge in [0.2, 0.25) is 0 Å². The van der Waals surface area contributed by atoms with Crippen LogP contribution in [0.5, 0.6) is 5.75 Å². The van der Waals surface area contributed by atoms with E-state index in [0.717, 1.165) is 6.07 Å². The summed E-state index contributed by atoms with van der Waals surface area (Å²) in [4.78, 5) is 12.5. The first-order valence-electron chi connectivity index (χ1n) is 8.62. The minimum Gasteiger partial charge on any atom is -0.406 e. The standard InChI is InChI=1S/C20H17F4N3O2/c1-3-19(28-2,14-10-25-12-26-11-14)18-7-4-13(9-27-18)16-6-5-15(8-17(16)21)29-20(22,23)24/h4-12H,3H2,1-2H3. The topological polar surface area (TPSA) is 57.1 Å². The number of ether oxygens (including phenoxy) is 2. The summed E-state index contributed by atoms with van der Waals surface area (Å²) in [5, 5.41) is 0. The molecule has 3 rings (SSSR count). The summed E-state index contributed by atoms with van der Waals surface area (Å²) in [5.41, 5.74) is 0.892. The lowest BCUT2D eigenvalue weighted by atomic mass is 9.88. The average Bonchev–Trinajstić information content (AvgIpc) is 2.70. The van der Waals surface area contributed by atoms with Gasteiger partial charge in [-0.1, -0.05) is 13.0 Å². The van der Waals surface area contributed by atoms with Crippen LogP contribution in [0.3, 0.4) is 0 Å². The van der Waals surface area contributed by atoms with Gasteiger partial charge in [0, 0.05) is 48.5 Å². The van der Waals surface area contributed by atoms with Crippen LogP contribution in [-0.4, -0.2) is 28.4 Å². The number of halogens is 4. The molecule has 0 aliphatic heterocycles. The van der Waals surface area contributed by atoms with Crippen LogP contribution in [-0.2, 0) is 10.3 Å². The summed E-state index contributed by atoms with van der Waals surface area (Å²) in [6.45, 7) is 1.92. The highest BCUT2D eigenvalue weighted by atomic mass is 19.4. The SMILES string of the molecule is CCC(OC)(c1cncnc1)c1ccc(-c2ccc(OC(F)(F)F)cc2F)cn1. The fraction of sp³-hybridized carbons (Fsp3) is 0.250. The van der Waals surface area contributed by atoms with Gasteiger partial charge in [0.15, 0.2) is 0 Å². The zero-order valence-corrected chi connectivity index (χ0v) is 15.6. The van der Waals surface area contributed by atoms with Gasteiger partial charge in [0.25, 0.3) is 0 Å². The maximum atomic E-state index is 14.3. The van der Waals surface area contributed by atoms with E-state index in [1.165, 1.54) is 18.6 Å². The molecule has 2 heterocycles. The van der Waals surface area contributed by atoms with Gasteiger partial charge in [0.05, 0.1) is 5.69 Å². The third-order valence-electron chi connectivity index (χ3n) is 4.54. The van der Waals surface area contributed by atoms with Crippen LogP contribution in [0.25, 0.3) is 11.1 Å². The molecule has 1 atom stereocenters. The minimum absolute atomic E-state index is 0.0983. The van der Waals surface area contributed by atoms with E-state index in [1.807, 2.05) is 6.92 Å². The molecule has 0 aliphatic carbocycles. The van der Waals surface area contributed by atoms with Crippen LogP contribution < -0.4 is 4.74 Å². The molecule has 9 heteroatoms. The van der Waals surface area contributed by atoms with Crippen molar-refractivity contribution in [2.24, 2.45) is 0 Å². The first kappa shape index (κ1) is 20.7. The number of nitrogens with zero attached hydrogens (tertiary/aromatic N) is 3. The van der Waals surface area contributed by atoms with Crippen molar-refractivity contribution in [3.05, 3.63) is 72.3 Å². The number of methoxy groups -OCH3 is 1. The second kappa shape index (κ2) is 8.12. The molecule has 5 nitrogen and oxygen atoms in total. The normalized spacial score (nSPS) is 13.7. The summed E-state index contributed by atoms with van der Waals surface area (Å²) in [5.74, 6) is -1.48. The Morgan fingerprint density at radius 3 is 2.24 bits per heavy atom. The molecule has 0 saturated heterocycles. The molecule has 152 valence electrons. The number of rotatable bonds is 6. The average molecular weight is 407 g/mol. The number of benzene rings is 1. The van der Waals surface area contributed by atoms with E-state index in [2.05, 4.69) is 19.7 Å². The van der Waals surface area contributed by atoms with Crippen molar-refractivity contribution < 1.29 is 27.0 Å². The molecule has 29 heavy (non-hydrogen) atoms. The molecular formula is C20H17F4N3O2. The predicted molar refractivity (Wildman–Crippen MR) is 96.4 cm³/mol. The Balaban J connectivity index is 1.94. The molecule has 0 N–H and O–H groups in total. The highest BCUT2D eigenvalue weighted by molar-refractivity contribution is 5.64. The third-order valence-corrected chi connectivity index (χ3v) is 4.54. The lowest BCUT2D eigenvalue weighted by Crippen LogP contribution is -2.30. The maximum Gasteiger partial charge on any atom is 0.573 e. The monoisotopic (exact) mass is 407 g/mol. The Morgan fingerprint density at radius 2 is 1.72 bits per heavy atom. The number of hydrogen-bond acceptors (Lipinski definition) is 5. The predicted octanol–water partition coefficient (Wildman–Crippen LogP) is 4.88. The van der Waals surface area contributed by atoms with E-state index in [9.17, 15) is 17.6 Å². The second-order valence-electron chi connectivity index (χ2n) is 6.13. The molecule has 0 spiro atoms. The van der Waals surface area contributed by atoms with Gasteiger partial charge in [0.1, 0.15) is 23.5 Å². The van der Waals surface area contributed by atoms with Crippen molar-refractivity contribution in [2.75, 3.05) is 7.11 Å². The fourth-order valence-corrected chi connectivity index (χ4v) is 3.13. The van der Waals surface area contributed by atoms with Crippen molar-refractivity contribution in [1.82, 2.24) is 15.0 Å². The van der Waals surface area contributed by atoms with Crippen LogP contribution in [0, 0.1) is 5.82 Å². The van der Waals surface area contributed by atoms with Gasteiger partial charge >= 0.3 is 6.36 Å². The van der Waals surface area contributed by atoms with Crippen molar-refractivity contribution >= 4 is 0 Å². The molecule has 0 radical (unpaired) electrons. The molecule has 0 aliphatic rings. The molecule has 0 saturated carbocycles. The Labute approximate surface area is 164 Å². The largest absolute Gasteiger partial charge is 0.573 e. The maximum absolute atomic E-state index is 14.3. The van der Waals surface area contributed by atoms with Crippen LogP contribution >= 0.6 is 0 Å². The van der Waals surface area contributed by atoms with Crippen molar-refractivity contribution in [3.63, 3.8) is 0 Å². The summed E-state index contributed by atoms with van der Waals surface area (Å²) in [7, 11) is 1.55. The summed E-state index contributed by atoms with van der Waals surface area (Å²) in [6.07, 6.45) is 1.77. The molecule has 0 fully saturated rings. The number of aromatic nitrogens is 3. The minimum atomic E-state index is -4.89. The summed E-state index contributed by atoms with van der Waals surface area (Å²) >= 11 is 0. The molecule has 1 unspecified atom stereocenters. The molecule has 2 aromatic heterocycles. The number of alkyl halides is 3. The Morgan fingerprint density at radius 1 is 1.00 bits per heavy atom. The van der Waals surface area contributed by atoms with Crippen LogP contribution in [0.4, 0.5) is 17.6 Å². The number of hydrogen-bond donors (Lipinski definition) is 0. The van der Waals surface area contributed by atoms with Gasteiger partial charge < -0.3 is 9.47 Å². The van der Waals surface area contributed by atoms with E-state index in [0.29, 0.717) is 29.3 Å². The zero-order valence-electron chi connectivity index (χ0n) is 15.6. The van der Waals surface area contributed by atoms with Crippen LogP contribution in [0.1, 0.15) is 24.6 Å². The molecule has 1 aromatic carbocycles. The van der Waals surface area contributed by atoms with E-state index in [1.54, 1.807) is 31.6 Å². The first-order chi connectivity index (χ1) is 13.8. The van der Waals surface area contributed by atoms with Crippen LogP contribution in [0.2, 0.25) is 0 Å². The Bertz CT molecular complexity index is 960. The molecule has 3 aromatic rings. The van der Waals surface area contributed by atoms with Gasteiger partial charge in [-0.25, -0.2) is 14.4 Å². The smallest absolute Gasteiger partial charge is 0.406 e. The van der Waals surface area contributed by atoms with Crippen molar-refractivity contribution in [1.29, 1.82) is 0 Å².